The Morgan fingerprint density at radius 2 is 1.65 bits per heavy atom. The van der Waals surface area contributed by atoms with Crippen molar-refractivity contribution in [3.05, 3.63) is 0 Å². The highest BCUT2D eigenvalue weighted by molar-refractivity contribution is 5.86. The molecule has 3 rings (SSSR count). The molecule has 2 atom stereocenters. The van der Waals surface area contributed by atoms with Crippen LogP contribution in [0.5, 0.6) is 0 Å². The average molecular weight is 344 g/mol. The topological polar surface area (TPSA) is 61.4 Å². The Morgan fingerprint density at radius 1 is 1.04 bits per heavy atom. The molecule has 3 fully saturated rings. The Hall–Kier alpha value is -0.810. The van der Waals surface area contributed by atoms with Crippen LogP contribution in [0, 0.1) is 5.92 Å². The molecule has 2 saturated heterocycles. The smallest absolute Gasteiger partial charge is 0.241 e. The van der Waals surface area contributed by atoms with Gasteiger partial charge in [-0.25, -0.2) is 0 Å². The number of carbonyl (C=O) groups is 2. The maximum atomic E-state index is 12.4. The number of nitrogens with one attached hydrogen (secondary N) is 2. The van der Waals surface area contributed by atoms with E-state index in [1.165, 1.54) is 19.3 Å². The van der Waals surface area contributed by atoms with Gasteiger partial charge in [-0.1, -0.05) is 19.3 Å². The molecule has 2 N–H and O–H groups in total. The van der Waals surface area contributed by atoms with Gasteiger partial charge in [0.15, 0.2) is 0 Å². The minimum absolute atomic E-state index is 0. The number of fused-ring (bicyclic) bond motifs is 2. The first-order valence-electron chi connectivity index (χ1n) is 8.93. The molecular weight excluding hydrogens is 314 g/mol. The Morgan fingerprint density at radius 3 is 2.26 bits per heavy atom. The van der Waals surface area contributed by atoms with E-state index < -0.39 is 0 Å². The fourth-order valence-electron chi connectivity index (χ4n) is 4.34. The van der Waals surface area contributed by atoms with E-state index in [0.717, 1.165) is 38.5 Å². The first-order valence-corrected chi connectivity index (χ1v) is 8.93. The predicted molar refractivity (Wildman–Crippen MR) is 92.6 cm³/mol. The Labute approximate surface area is 145 Å². The number of nitrogens with zero attached hydrogens (tertiary/aromatic N) is 1. The van der Waals surface area contributed by atoms with Crippen molar-refractivity contribution in [2.24, 2.45) is 5.92 Å². The van der Waals surface area contributed by atoms with Crippen molar-refractivity contribution >= 4 is 24.2 Å². The van der Waals surface area contributed by atoms with E-state index in [-0.39, 0.29) is 36.7 Å². The fraction of sp³-hybridized carbons (Fsp3) is 0.882. The van der Waals surface area contributed by atoms with Crippen LogP contribution in [0.25, 0.3) is 0 Å². The zero-order valence-electron chi connectivity index (χ0n) is 14.1. The van der Waals surface area contributed by atoms with Gasteiger partial charge < -0.3 is 15.5 Å². The summed E-state index contributed by atoms with van der Waals surface area (Å²) in [4.78, 5) is 26.3. The highest BCUT2D eigenvalue weighted by Crippen LogP contribution is 2.29. The van der Waals surface area contributed by atoms with Gasteiger partial charge in [-0.05, 0) is 38.5 Å². The number of hydrogen-bond acceptors (Lipinski definition) is 3. The van der Waals surface area contributed by atoms with E-state index in [4.69, 9.17) is 0 Å². The molecular formula is C17H30ClN3O2. The van der Waals surface area contributed by atoms with Crippen LogP contribution in [0.3, 0.4) is 0 Å². The first-order chi connectivity index (χ1) is 10.6. The predicted octanol–water partition coefficient (Wildman–Crippen LogP) is 1.85. The van der Waals surface area contributed by atoms with Crippen LogP contribution in [-0.4, -0.2) is 48.4 Å². The molecule has 6 heteroatoms. The SMILES string of the molecule is CN(C(=O)CNC(=O)C1CCCCC1)C1CC2CCC(C1)N2.Cl. The molecule has 0 spiro atoms. The van der Waals surface area contributed by atoms with E-state index >= 15 is 0 Å². The Kier molecular flexibility index (Phi) is 6.72. The Bertz CT molecular complexity index is 414. The third-order valence-corrected chi connectivity index (χ3v) is 5.78. The van der Waals surface area contributed by atoms with Crippen LogP contribution in [0.4, 0.5) is 0 Å². The van der Waals surface area contributed by atoms with Gasteiger partial charge in [0.25, 0.3) is 0 Å². The lowest BCUT2D eigenvalue weighted by atomic mass is 9.89. The van der Waals surface area contributed by atoms with Crippen LogP contribution in [0.15, 0.2) is 0 Å². The lowest BCUT2D eigenvalue weighted by molar-refractivity contribution is -0.135. The van der Waals surface area contributed by atoms with E-state index in [2.05, 4.69) is 10.6 Å². The third kappa shape index (κ3) is 4.60. The van der Waals surface area contributed by atoms with Gasteiger partial charge in [0.05, 0.1) is 6.54 Å². The fourth-order valence-corrected chi connectivity index (χ4v) is 4.34. The molecule has 2 unspecified atom stereocenters. The lowest BCUT2D eigenvalue weighted by Crippen LogP contribution is -2.51. The summed E-state index contributed by atoms with van der Waals surface area (Å²) in [6, 6.07) is 1.49. The highest BCUT2D eigenvalue weighted by Gasteiger charge is 2.36. The number of carbonyl (C=O) groups excluding carboxylic acids is 2. The molecule has 2 aliphatic heterocycles. The number of hydrogen-bond donors (Lipinski definition) is 2. The third-order valence-electron chi connectivity index (χ3n) is 5.78. The maximum Gasteiger partial charge on any atom is 0.241 e. The second kappa shape index (κ2) is 8.34. The summed E-state index contributed by atoms with van der Waals surface area (Å²) in [5.74, 6) is 0.254. The molecule has 0 aromatic rings. The van der Waals surface area contributed by atoms with Crippen molar-refractivity contribution in [1.82, 2.24) is 15.5 Å². The second-order valence-corrected chi connectivity index (χ2v) is 7.32. The standard InChI is InChI=1S/C17H29N3O2.ClH/c1-20(15-9-13-7-8-14(10-15)19-13)16(21)11-18-17(22)12-5-3-2-4-6-12;/h12-15,19H,2-11H2,1H3,(H,18,22);1H. The summed E-state index contributed by atoms with van der Waals surface area (Å²) >= 11 is 0. The Balaban J connectivity index is 0.00000192. The van der Waals surface area contributed by atoms with E-state index in [0.29, 0.717) is 18.1 Å². The molecule has 3 aliphatic rings. The van der Waals surface area contributed by atoms with Crippen molar-refractivity contribution in [1.29, 1.82) is 0 Å². The number of piperidine rings is 1. The number of likely N-dealkylation sites (N-methyl/N-ethyl adjacent to an activating group) is 1. The number of halogens is 1. The van der Waals surface area contributed by atoms with Crippen LogP contribution < -0.4 is 10.6 Å². The van der Waals surface area contributed by atoms with E-state index in [1.807, 2.05) is 11.9 Å². The number of amides is 2. The van der Waals surface area contributed by atoms with Gasteiger partial charge >= 0.3 is 0 Å². The molecule has 5 nitrogen and oxygen atoms in total. The summed E-state index contributed by atoms with van der Waals surface area (Å²) in [7, 11) is 1.89. The van der Waals surface area contributed by atoms with Gasteiger partial charge in [0.2, 0.25) is 11.8 Å². The quantitative estimate of drug-likeness (QED) is 0.819. The molecule has 2 bridgehead atoms. The molecule has 23 heavy (non-hydrogen) atoms. The normalized spacial score (nSPS) is 30.4. The number of rotatable bonds is 4. The lowest BCUT2D eigenvalue weighted by Gasteiger charge is -2.35. The molecule has 2 amide bonds. The largest absolute Gasteiger partial charge is 0.347 e. The highest BCUT2D eigenvalue weighted by atomic mass is 35.5. The molecule has 0 aromatic carbocycles. The molecule has 132 valence electrons. The van der Waals surface area contributed by atoms with Crippen molar-refractivity contribution in [2.45, 2.75) is 75.9 Å². The van der Waals surface area contributed by atoms with Crippen molar-refractivity contribution < 1.29 is 9.59 Å². The van der Waals surface area contributed by atoms with Gasteiger partial charge in [-0.3, -0.25) is 9.59 Å². The summed E-state index contributed by atoms with van der Waals surface area (Å²) in [5.41, 5.74) is 0. The molecule has 0 aromatic heterocycles. The summed E-state index contributed by atoms with van der Waals surface area (Å²) in [6.45, 7) is 0.158. The van der Waals surface area contributed by atoms with Crippen LogP contribution in [0.1, 0.15) is 57.8 Å². The minimum atomic E-state index is 0. The zero-order valence-corrected chi connectivity index (χ0v) is 14.9. The van der Waals surface area contributed by atoms with Gasteiger partial charge in [0.1, 0.15) is 0 Å². The monoisotopic (exact) mass is 343 g/mol. The second-order valence-electron chi connectivity index (χ2n) is 7.32. The zero-order chi connectivity index (χ0) is 15.5. The molecule has 2 heterocycles. The van der Waals surface area contributed by atoms with Crippen LogP contribution >= 0.6 is 12.4 Å². The maximum absolute atomic E-state index is 12.4. The van der Waals surface area contributed by atoms with Crippen LogP contribution in [-0.2, 0) is 9.59 Å². The summed E-state index contributed by atoms with van der Waals surface area (Å²) < 4.78 is 0. The molecule has 1 saturated carbocycles. The van der Waals surface area contributed by atoms with Gasteiger partial charge in [-0.15, -0.1) is 12.4 Å². The van der Waals surface area contributed by atoms with Gasteiger partial charge in [0, 0.05) is 31.1 Å². The molecule has 0 radical (unpaired) electrons. The molecule has 1 aliphatic carbocycles. The first kappa shape index (κ1) is 18.5. The average Bonchev–Trinajstić information content (AvgIpc) is 2.90. The van der Waals surface area contributed by atoms with Crippen molar-refractivity contribution in [2.75, 3.05) is 13.6 Å². The van der Waals surface area contributed by atoms with Crippen molar-refractivity contribution in [3.8, 4) is 0 Å². The van der Waals surface area contributed by atoms with Crippen molar-refractivity contribution in [3.63, 3.8) is 0 Å². The summed E-state index contributed by atoms with van der Waals surface area (Å²) in [6.07, 6.45) is 10.1. The van der Waals surface area contributed by atoms with Crippen LogP contribution in [0.2, 0.25) is 0 Å². The van der Waals surface area contributed by atoms with E-state index in [1.54, 1.807) is 0 Å². The minimum Gasteiger partial charge on any atom is -0.347 e. The van der Waals surface area contributed by atoms with E-state index in [9.17, 15) is 9.59 Å². The van der Waals surface area contributed by atoms with Gasteiger partial charge in [-0.2, -0.15) is 0 Å². The summed E-state index contributed by atoms with van der Waals surface area (Å²) in [5, 5.41) is 6.46.